The summed E-state index contributed by atoms with van der Waals surface area (Å²) in [6, 6.07) is 0. The molecule has 0 radical (unpaired) electrons. The lowest BCUT2D eigenvalue weighted by atomic mass is 9.45. The van der Waals surface area contributed by atoms with Gasteiger partial charge >= 0.3 is 5.97 Å². The zero-order valence-corrected chi connectivity index (χ0v) is 14.4. The minimum atomic E-state index is -0.583. The summed E-state index contributed by atoms with van der Waals surface area (Å²) in [6.07, 6.45) is 12.5. The number of carboxylic acid groups (broad SMARTS) is 1. The zero-order chi connectivity index (χ0) is 16.1. The van der Waals surface area contributed by atoms with E-state index in [1.54, 1.807) is 0 Å². The Morgan fingerprint density at radius 3 is 2.64 bits per heavy atom. The average Bonchev–Trinajstić information content (AvgIpc) is 2.46. The van der Waals surface area contributed by atoms with E-state index in [0.717, 1.165) is 25.7 Å². The van der Waals surface area contributed by atoms with Crippen molar-refractivity contribution >= 4 is 5.97 Å². The van der Waals surface area contributed by atoms with Crippen LogP contribution in [0.25, 0.3) is 0 Å². The van der Waals surface area contributed by atoms with E-state index < -0.39 is 11.4 Å². The largest absolute Gasteiger partial charge is 0.481 e. The quantitative estimate of drug-likeness (QED) is 0.774. The first kappa shape index (κ1) is 15.8. The van der Waals surface area contributed by atoms with Gasteiger partial charge in [0.05, 0.1) is 5.41 Å². The van der Waals surface area contributed by atoms with E-state index in [9.17, 15) is 9.90 Å². The fraction of sp³-hybridized carbons (Fsp3) is 0.750. The number of carbonyl (C=O) groups is 1. The molecule has 0 heterocycles. The summed E-state index contributed by atoms with van der Waals surface area (Å²) >= 11 is 0. The van der Waals surface area contributed by atoms with E-state index in [0.29, 0.717) is 23.7 Å². The summed E-state index contributed by atoms with van der Waals surface area (Å²) in [5.74, 6) is 1.44. The minimum Gasteiger partial charge on any atom is -0.481 e. The average molecular weight is 302 g/mol. The van der Waals surface area contributed by atoms with Gasteiger partial charge in [0.1, 0.15) is 0 Å². The molecule has 1 N–H and O–H groups in total. The highest BCUT2D eigenvalue weighted by Crippen LogP contribution is 2.62. The van der Waals surface area contributed by atoms with Crippen LogP contribution in [0.2, 0.25) is 0 Å². The number of hydrogen-bond donors (Lipinski definition) is 1. The van der Waals surface area contributed by atoms with Crippen molar-refractivity contribution in [1.29, 1.82) is 0 Å². The second-order valence-electron chi connectivity index (χ2n) is 8.58. The first-order chi connectivity index (χ1) is 10.3. The van der Waals surface area contributed by atoms with Crippen LogP contribution in [0.5, 0.6) is 0 Å². The summed E-state index contributed by atoms with van der Waals surface area (Å²) in [6.45, 7) is 8.88. The minimum absolute atomic E-state index is 0.143. The van der Waals surface area contributed by atoms with Crippen molar-refractivity contribution < 1.29 is 9.90 Å². The summed E-state index contributed by atoms with van der Waals surface area (Å²) in [5, 5.41) is 9.83. The lowest BCUT2D eigenvalue weighted by Gasteiger charge is -2.58. The number of rotatable bonds is 2. The van der Waals surface area contributed by atoms with Crippen LogP contribution >= 0.6 is 0 Å². The molecule has 3 aliphatic carbocycles. The van der Waals surface area contributed by atoms with Gasteiger partial charge in [-0.1, -0.05) is 45.4 Å². The Kier molecular flexibility index (Phi) is 3.78. The Labute approximate surface area is 134 Å². The Bertz CT molecular complexity index is 530. The van der Waals surface area contributed by atoms with E-state index in [1.807, 2.05) is 6.92 Å². The third kappa shape index (κ3) is 2.18. The zero-order valence-electron chi connectivity index (χ0n) is 14.4. The van der Waals surface area contributed by atoms with Crippen molar-refractivity contribution in [3.05, 3.63) is 23.8 Å². The van der Waals surface area contributed by atoms with Crippen LogP contribution in [0, 0.1) is 34.5 Å². The van der Waals surface area contributed by atoms with E-state index in [4.69, 9.17) is 0 Å². The fourth-order valence-electron chi connectivity index (χ4n) is 5.70. The monoisotopic (exact) mass is 302 g/mol. The molecule has 0 aromatic heterocycles. The Balaban J connectivity index is 1.94. The van der Waals surface area contributed by atoms with Crippen LogP contribution in [-0.4, -0.2) is 11.1 Å². The predicted octanol–water partition coefficient (Wildman–Crippen LogP) is 5.06. The van der Waals surface area contributed by atoms with Crippen LogP contribution in [0.3, 0.4) is 0 Å². The lowest BCUT2D eigenvalue weighted by Crippen LogP contribution is -2.54. The first-order valence-electron chi connectivity index (χ1n) is 8.92. The third-order valence-corrected chi connectivity index (χ3v) is 7.05. The lowest BCUT2D eigenvalue weighted by molar-refractivity contribution is -0.166. The first-order valence-corrected chi connectivity index (χ1v) is 8.92. The highest BCUT2D eigenvalue weighted by atomic mass is 16.4. The summed E-state index contributed by atoms with van der Waals surface area (Å²) < 4.78 is 0. The summed E-state index contributed by atoms with van der Waals surface area (Å²) in [7, 11) is 0. The number of allylic oxidation sites excluding steroid dienone is 4. The van der Waals surface area contributed by atoms with Crippen molar-refractivity contribution in [3.63, 3.8) is 0 Å². The molecule has 5 atom stereocenters. The van der Waals surface area contributed by atoms with Crippen LogP contribution in [0.1, 0.15) is 59.8 Å². The maximum absolute atomic E-state index is 11.9. The molecular formula is C20H30O2. The number of carboxylic acids is 1. The van der Waals surface area contributed by atoms with Crippen LogP contribution in [0.15, 0.2) is 23.8 Å². The highest BCUT2D eigenvalue weighted by Gasteiger charge is 2.58. The molecule has 3 unspecified atom stereocenters. The van der Waals surface area contributed by atoms with E-state index >= 15 is 0 Å². The standard InChI is InChI=1S/C20H30O2/c1-13(2)14-6-8-16-15(12-14)7-9-17-19(16,3)10-5-11-20(17,4)18(21)22/h6,8,12-13,15-17H,5,7,9-11H2,1-4H3,(H,21,22)/t15?,16?,17?,19-,20-/m1/s1. The molecule has 0 saturated heterocycles. The van der Waals surface area contributed by atoms with Gasteiger partial charge in [0.2, 0.25) is 0 Å². The van der Waals surface area contributed by atoms with Crippen LogP contribution in [0.4, 0.5) is 0 Å². The van der Waals surface area contributed by atoms with Crippen molar-refractivity contribution in [2.75, 3.05) is 0 Å². The number of hydrogen-bond acceptors (Lipinski definition) is 1. The SMILES string of the molecule is CC(C)C1=CC2CCC3[C@](C)(CCC[C@@]3(C)C(=O)O)C2C=C1. The highest BCUT2D eigenvalue weighted by molar-refractivity contribution is 5.75. The molecule has 122 valence electrons. The maximum Gasteiger partial charge on any atom is 0.309 e. The molecule has 0 bridgehead atoms. The molecule has 2 heteroatoms. The van der Waals surface area contributed by atoms with Crippen LogP contribution in [-0.2, 0) is 4.79 Å². The normalized spacial score (nSPS) is 44.2. The molecule has 2 nitrogen and oxygen atoms in total. The van der Waals surface area contributed by atoms with E-state index in [1.165, 1.54) is 12.0 Å². The molecular weight excluding hydrogens is 272 g/mol. The Hall–Kier alpha value is -1.05. The Morgan fingerprint density at radius 1 is 1.27 bits per heavy atom. The maximum atomic E-state index is 11.9. The van der Waals surface area contributed by atoms with Gasteiger partial charge in [0, 0.05) is 0 Å². The van der Waals surface area contributed by atoms with Crippen molar-refractivity contribution in [2.45, 2.75) is 59.8 Å². The van der Waals surface area contributed by atoms with E-state index in [-0.39, 0.29) is 5.41 Å². The molecule has 0 aromatic rings. The molecule has 0 amide bonds. The van der Waals surface area contributed by atoms with Gasteiger partial charge < -0.3 is 5.11 Å². The third-order valence-electron chi connectivity index (χ3n) is 7.05. The van der Waals surface area contributed by atoms with Gasteiger partial charge in [0.15, 0.2) is 0 Å². The van der Waals surface area contributed by atoms with Gasteiger partial charge in [0.25, 0.3) is 0 Å². The Morgan fingerprint density at radius 2 is 2.00 bits per heavy atom. The smallest absolute Gasteiger partial charge is 0.309 e. The molecule has 2 fully saturated rings. The summed E-state index contributed by atoms with van der Waals surface area (Å²) in [5.41, 5.74) is 1.07. The summed E-state index contributed by atoms with van der Waals surface area (Å²) in [4.78, 5) is 11.9. The van der Waals surface area contributed by atoms with Gasteiger partial charge in [-0.2, -0.15) is 0 Å². The van der Waals surface area contributed by atoms with Crippen molar-refractivity contribution in [2.24, 2.45) is 34.5 Å². The number of aliphatic carboxylic acids is 1. The second-order valence-corrected chi connectivity index (χ2v) is 8.58. The molecule has 22 heavy (non-hydrogen) atoms. The molecule has 0 aliphatic heterocycles. The molecule has 3 rings (SSSR count). The van der Waals surface area contributed by atoms with Gasteiger partial charge in [-0.25, -0.2) is 0 Å². The van der Waals surface area contributed by atoms with Crippen molar-refractivity contribution in [1.82, 2.24) is 0 Å². The molecule has 0 aromatic carbocycles. The van der Waals surface area contributed by atoms with Crippen LogP contribution < -0.4 is 0 Å². The molecule has 3 aliphatic rings. The second kappa shape index (κ2) is 5.25. The van der Waals surface area contributed by atoms with E-state index in [2.05, 4.69) is 39.0 Å². The fourth-order valence-corrected chi connectivity index (χ4v) is 5.70. The molecule has 2 saturated carbocycles. The predicted molar refractivity (Wildman–Crippen MR) is 89.5 cm³/mol. The van der Waals surface area contributed by atoms with Crippen molar-refractivity contribution in [3.8, 4) is 0 Å². The van der Waals surface area contributed by atoms with Gasteiger partial charge in [-0.3, -0.25) is 4.79 Å². The van der Waals surface area contributed by atoms with Gasteiger partial charge in [-0.05, 0) is 67.3 Å². The number of fused-ring (bicyclic) bond motifs is 3. The molecule has 0 spiro atoms. The topological polar surface area (TPSA) is 37.3 Å². The van der Waals surface area contributed by atoms with Gasteiger partial charge in [-0.15, -0.1) is 0 Å².